The zero-order valence-electron chi connectivity index (χ0n) is 15.2. The fraction of sp³-hybridized carbons (Fsp3) is 0.450. The summed E-state index contributed by atoms with van der Waals surface area (Å²) in [4.78, 5) is 3.76. The van der Waals surface area contributed by atoms with E-state index in [0.29, 0.717) is 18.3 Å². The lowest BCUT2D eigenvalue weighted by Crippen LogP contribution is -2.41. The molecule has 2 saturated heterocycles. The maximum absolute atomic E-state index is 12.6. The minimum atomic E-state index is -4.40. The summed E-state index contributed by atoms with van der Waals surface area (Å²) in [6.45, 7) is 2.65. The number of ether oxygens (including phenoxy) is 2. The molecular weight excluding hydrogens is 393 g/mol. The maximum Gasteiger partial charge on any atom is 0.417 e. The Morgan fingerprint density at radius 1 is 1.14 bits per heavy atom. The van der Waals surface area contributed by atoms with Crippen molar-refractivity contribution < 1.29 is 22.6 Å². The summed E-state index contributed by atoms with van der Waals surface area (Å²) in [5.74, 6) is 0.996. The van der Waals surface area contributed by atoms with Gasteiger partial charge in [-0.15, -0.1) is 12.4 Å². The first kappa shape index (κ1) is 20.9. The summed E-state index contributed by atoms with van der Waals surface area (Å²) in [7, 11) is 0. The van der Waals surface area contributed by atoms with Crippen molar-refractivity contribution >= 4 is 12.4 Å². The molecule has 2 aromatic rings. The summed E-state index contributed by atoms with van der Waals surface area (Å²) in [5.41, 5.74) is 0.302. The number of hydrogen-bond acceptors (Lipinski definition) is 4. The maximum atomic E-state index is 12.6. The minimum Gasteiger partial charge on any atom is -0.439 e. The average Bonchev–Trinajstić information content (AvgIpc) is 3.06. The van der Waals surface area contributed by atoms with E-state index in [-0.39, 0.29) is 23.9 Å². The standard InChI is InChI=1S/C20H21F3N2O2.ClH/c21-20(22,23)16-4-5-18(25-12-16)27-17-3-1-2-14(10-17)15-11-19(26-13-15)6-8-24-9-7-19;/h1-5,10,12,15,24H,6-9,11,13H2;1H/t15-;/m1./s1. The van der Waals surface area contributed by atoms with Crippen LogP contribution in [-0.4, -0.2) is 30.3 Å². The Balaban J connectivity index is 0.00000225. The van der Waals surface area contributed by atoms with Gasteiger partial charge in [-0.3, -0.25) is 0 Å². The molecule has 0 unspecified atom stereocenters. The molecule has 2 aliphatic rings. The molecule has 0 amide bonds. The highest BCUT2D eigenvalue weighted by Crippen LogP contribution is 2.42. The van der Waals surface area contributed by atoms with Crippen LogP contribution < -0.4 is 10.1 Å². The molecule has 0 radical (unpaired) electrons. The highest BCUT2D eigenvalue weighted by Gasteiger charge is 2.41. The zero-order valence-corrected chi connectivity index (χ0v) is 16.0. The van der Waals surface area contributed by atoms with Gasteiger partial charge in [0.1, 0.15) is 5.75 Å². The Labute approximate surface area is 167 Å². The van der Waals surface area contributed by atoms with Crippen LogP contribution in [0.4, 0.5) is 13.2 Å². The predicted octanol–water partition coefficient (Wildman–Crippen LogP) is 4.94. The van der Waals surface area contributed by atoms with Crippen molar-refractivity contribution in [1.29, 1.82) is 0 Å². The molecule has 1 spiro atoms. The molecule has 28 heavy (non-hydrogen) atoms. The van der Waals surface area contributed by atoms with Crippen molar-refractivity contribution in [3.8, 4) is 11.6 Å². The summed E-state index contributed by atoms with van der Waals surface area (Å²) < 4.78 is 49.7. The first-order valence-electron chi connectivity index (χ1n) is 9.09. The Bertz CT molecular complexity index is 793. The Morgan fingerprint density at radius 2 is 1.93 bits per heavy atom. The number of nitrogens with one attached hydrogen (secondary N) is 1. The third kappa shape index (κ3) is 4.59. The van der Waals surface area contributed by atoms with Crippen LogP contribution in [-0.2, 0) is 10.9 Å². The molecule has 152 valence electrons. The van der Waals surface area contributed by atoms with E-state index in [1.54, 1.807) is 6.07 Å². The van der Waals surface area contributed by atoms with E-state index in [1.807, 2.05) is 18.2 Å². The van der Waals surface area contributed by atoms with Gasteiger partial charge in [0.15, 0.2) is 0 Å². The van der Waals surface area contributed by atoms with Gasteiger partial charge in [0.25, 0.3) is 0 Å². The molecule has 4 rings (SSSR count). The van der Waals surface area contributed by atoms with Crippen LogP contribution in [0.25, 0.3) is 0 Å². The number of hydrogen-bond donors (Lipinski definition) is 1. The first-order chi connectivity index (χ1) is 12.9. The van der Waals surface area contributed by atoms with E-state index in [0.717, 1.165) is 50.2 Å². The quantitative estimate of drug-likeness (QED) is 0.772. The number of nitrogens with zero attached hydrogens (tertiary/aromatic N) is 1. The second kappa shape index (κ2) is 8.27. The fourth-order valence-corrected chi connectivity index (χ4v) is 3.85. The van der Waals surface area contributed by atoms with Gasteiger partial charge in [-0.1, -0.05) is 12.1 Å². The van der Waals surface area contributed by atoms with Crippen LogP contribution in [0, 0.1) is 0 Å². The van der Waals surface area contributed by atoms with Crippen molar-refractivity contribution in [2.24, 2.45) is 0 Å². The normalized spacial score (nSPS) is 21.3. The van der Waals surface area contributed by atoms with Crippen LogP contribution in [0.5, 0.6) is 11.6 Å². The second-order valence-corrected chi connectivity index (χ2v) is 7.20. The van der Waals surface area contributed by atoms with Gasteiger partial charge in [-0.05, 0) is 56.1 Å². The molecule has 8 heteroatoms. The summed E-state index contributed by atoms with van der Waals surface area (Å²) in [6, 6.07) is 9.84. The molecule has 1 atom stereocenters. The Kier molecular flexibility index (Phi) is 6.17. The fourth-order valence-electron chi connectivity index (χ4n) is 3.85. The molecule has 0 saturated carbocycles. The zero-order chi connectivity index (χ0) is 18.9. The number of halogens is 4. The summed E-state index contributed by atoms with van der Waals surface area (Å²) in [6.07, 6.45) is -0.593. The van der Waals surface area contributed by atoms with Crippen LogP contribution >= 0.6 is 12.4 Å². The van der Waals surface area contributed by atoms with E-state index in [9.17, 15) is 13.2 Å². The van der Waals surface area contributed by atoms with Crippen molar-refractivity contribution in [1.82, 2.24) is 10.3 Å². The van der Waals surface area contributed by atoms with Crippen LogP contribution in [0.2, 0.25) is 0 Å². The van der Waals surface area contributed by atoms with Gasteiger partial charge in [0, 0.05) is 18.2 Å². The second-order valence-electron chi connectivity index (χ2n) is 7.20. The molecule has 0 bridgehead atoms. The van der Waals surface area contributed by atoms with E-state index in [2.05, 4.69) is 10.3 Å². The monoisotopic (exact) mass is 414 g/mol. The Hall–Kier alpha value is -1.83. The molecule has 2 aliphatic heterocycles. The Morgan fingerprint density at radius 3 is 2.61 bits per heavy atom. The van der Waals surface area contributed by atoms with Gasteiger partial charge in [0.05, 0.1) is 17.8 Å². The van der Waals surface area contributed by atoms with Gasteiger partial charge >= 0.3 is 6.18 Å². The van der Waals surface area contributed by atoms with E-state index < -0.39 is 11.7 Å². The number of rotatable bonds is 3. The van der Waals surface area contributed by atoms with E-state index >= 15 is 0 Å². The van der Waals surface area contributed by atoms with Crippen molar-refractivity contribution in [3.05, 3.63) is 53.7 Å². The van der Waals surface area contributed by atoms with Gasteiger partial charge in [-0.25, -0.2) is 4.98 Å². The number of benzene rings is 1. The molecule has 2 fully saturated rings. The largest absolute Gasteiger partial charge is 0.439 e. The van der Waals surface area contributed by atoms with Crippen molar-refractivity contribution in [3.63, 3.8) is 0 Å². The molecule has 0 aliphatic carbocycles. The first-order valence-corrected chi connectivity index (χ1v) is 9.09. The van der Waals surface area contributed by atoms with Crippen molar-refractivity contribution in [2.45, 2.75) is 37.0 Å². The topological polar surface area (TPSA) is 43.4 Å². The predicted molar refractivity (Wildman–Crippen MR) is 101 cm³/mol. The van der Waals surface area contributed by atoms with Gasteiger partial charge < -0.3 is 14.8 Å². The van der Waals surface area contributed by atoms with Gasteiger partial charge in [-0.2, -0.15) is 13.2 Å². The van der Waals surface area contributed by atoms with Crippen molar-refractivity contribution in [2.75, 3.05) is 19.7 Å². The van der Waals surface area contributed by atoms with E-state index in [4.69, 9.17) is 9.47 Å². The molecule has 1 aromatic heterocycles. The highest BCUT2D eigenvalue weighted by atomic mass is 35.5. The third-order valence-corrected chi connectivity index (χ3v) is 5.34. The molecule has 1 aromatic carbocycles. The molecule has 3 heterocycles. The number of piperidine rings is 1. The van der Waals surface area contributed by atoms with Gasteiger partial charge in [0.2, 0.25) is 5.88 Å². The smallest absolute Gasteiger partial charge is 0.417 e. The summed E-state index contributed by atoms with van der Waals surface area (Å²) >= 11 is 0. The van der Waals surface area contributed by atoms with E-state index in [1.165, 1.54) is 6.07 Å². The lowest BCUT2D eigenvalue weighted by atomic mass is 9.84. The molecule has 1 N–H and O–H groups in total. The van der Waals surface area contributed by atoms with Crippen LogP contribution in [0.15, 0.2) is 42.6 Å². The average molecular weight is 415 g/mol. The lowest BCUT2D eigenvalue weighted by molar-refractivity contribution is -0.137. The highest BCUT2D eigenvalue weighted by molar-refractivity contribution is 5.85. The number of pyridine rings is 1. The minimum absolute atomic E-state index is 0. The molecular formula is C20H22ClF3N2O2. The SMILES string of the molecule is Cl.FC(F)(F)c1ccc(Oc2cccc([C@H]3COC4(CCNCC4)C3)c2)nc1. The number of aromatic nitrogens is 1. The third-order valence-electron chi connectivity index (χ3n) is 5.34. The lowest BCUT2D eigenvalue weighted by Gasteiger charge is -2.33. The number of alkyl halides is 3. The van der Waals surface area contributed by atoms with Crippen LogP contribution in [0.1, 0.15) is 36.3 Å². The van der Waals surface area contributed by atoms with Crippen LogP contribution in [0.3, 0.4) is 0 Å². The molecule has 4 nitrogen and oxygen atoms in total. The summed E-state index contributed by atoms with van der Waals surface area (Å²) in [5, 5.41) is 3.36.